The maximum absolute atomic E-state index is 13.3. The maximum atomic E-state index is 13.3. The van der Waals surface area contributed by atoms with Gasteiger partial charge in [-0.05, 0) is 37.0 Å². The number of unbranched alkanes of at least 4 members (excludes halogenated alkanes) is 12. The molecule has 0 fully saturated rings. The molecule has 0 saturated heterocycles. The molecule has 0 spiro atoms. The van der Waals surface area contributed by atoms with Gasteiger partial charge in [0, 0.05) is 17.4 Å². The molecule has 0 saturated carbocycles. The molecule has 2 aromatic carbocycles. The summed E-state index contributed by atoms with van der Waals surface area (Å²) in [5, 5.41) is 16.9. The molecule has 238 valence electrons. The summed E-state index contributed by atoms with van der Waals surface area (Å²) in [7, 11) is 0. The van der Waals surface area contributed by atoms with Crippen LogP contribution in [0.3, 0.4) is 0 Å². The van der Waals surface area contributed by atoms with E-state index in [0.717, 1.165) is 24.2 Å². The Morgan fingerprint density at radius 3 is 2.16 bits per heavy atom. The molecule has 1 aliphatic heterocycles. The minimum Gasteiger partial charge on any atom is -0.505 e. The van der Waals surface area contributed by atoms with Crippen LogP contribution >= 0.6 is 11.6 Å². The zero-order valence-electron chi connectivity index (χ0n) is 26.8. The predicted octanol–water partition coefficient (Wildman–Crippen LogP) is 10.1. The van der Waals surface area contributed by atoms with Crippen molar-refractivity contribution in [1.82, 2.24) is 0 Å². The fraction of sp³-hybridized carbons (Fsp3) is 0.611. The van der Waals surface area contributed by atoms with E-state index in [1.165, 1.54) is 83.1 Å². The average molecular weight is 613 g/mol. The van der Waals surface area contributed by atoms with Gasteiger partial charge in [-0.3, -0.25) is 9.59 Å². The number of halogens is 1. The van der Waals surface area contributed by atoms with E-state index in [0.29, 0.717) is 17.7 Å². The van der Waals surface area contributed by atoms with Gasteiger partial charge in [-0.2, -0.15) is 0 Å². The van der Waals surface area contributed by atoms with Crippen molar-refractivity contribution >= 4 is 34.8 Å². The Bertz CT molecular complexity index is 1200. The minimum absolute atomic E-state index is 0.0876. The van der Waals surface area contributed by atoms with Gasteiger partial charge in [-0.25, -0.2) is 0 Å². The van der Waals surface area contributed by atoms with Crippen molar-refractivity contribution in [3.8, 4) is 11.5 Å². The van der Waals surface area contributed by atoms with Crippen molar-refractivity contribution in [1.29, 1.82) is 0 Å². The second kappa shape index (κ2) is 17.5. The van der Waals surface area contributed by atoms with Crippen molar-refractivity contribution < 1.29 is 19.4 Å². The minimum atomic E-state index is -0.741. The zero-order valence-corrected chi connectivity index (χ0v) is 27.6. The van der Waals surface area contributed by atoms with Crippen molar-refractivity contribution in [2.45, 2.75) is 142 Å². The Hall–Kier alpha value is -2.73. The molecule has 0 aliphatic carbocycles. The van der Waals surface area contributed by atoms with Crippen LogP contribution in [-0.4, -0.2) is 23.0 Å². The van der Waals surface area contributed by atoms with E-state index >= 15 is 0 Å². The first kappa shape index (κ1) is 34.8. The van der Waals surface area contributed by atoms with E-state index in [4.69, 9.17) is 16.3 Å². The zero-order chi connectivity index (χ0) is 31.2. The molecule has 1 atom stereocenters. The molecule has 3 rings (SSSR count). The molecule has 3 N–H and O–H groups in total. The third-order valence-corrected chi connectivity index (χ3v) is 8.81. The van der Waals surface area contributed by atoms with Gasteiger partial charge >= 0.3 is 0 Å². The monoisotopic (exact) mass is 612 g/mol. The Morgan fingerprint density at radius 1 is 0.977 bits per heavy atom. The summed E-state index contributed by atoms with van der Waals surface area (Å²) in [5.41, 5.74) is 1.59. The summed E-state index contributed by atoms with van der Waals surface area (Å²) in [6.45, 7) is 7.91. The number of amides is 2. The first-order valence-corrected chi connectivity index (χ1v) is 17.0. The molecule has 0 radical (unpaired) electrons. The Morgan fingerprint density at radius 2 is 1.56 bits per heavy atom. The number of para-hydroxylation sites is 1. The quantitative estimate of drug-likeness (QED) is 0.109. The average Bonchev–Trinajstić information content (AvgIpc) is 2.96. The number of hydrogen-bond donors (Lipinski definition) is 3. The topological polar surface area (TPSA) is 87.7 Å². The Balaban J connectivity index is 1.48. The van der Waals surface area contributed by atoms with Gasteiger partial charge in [-0.1, -0.05) is 135 Å². The highest BCUT2D eigenvalue weighted by Gasteiger charge is 2.37. The van der Waals surface area contributed by atoms with E-state index < -0.39 is 11.5 Å². The molecule has 43 heavy (non-hydrogen) atoms. The molecule has 0 bridgehead atoms. The van der Waals surface area contributed by atoms with Gasteiger partial charge in [0.2, 0.25) is 5.91 Å². The molecule has 1 unspecified atom stereocenters. The second-order valence-corrected chi connectivity index (χ2v) is 13.1. The summed E-state index contributed by atoms with van der Waals surface area (Å²) >= 11 is 6.48. The number of anilines is 2. The van der Waals surface area contributed by atoms with Crippen molar-refractivity contribution in [2.75, 3.05) is 10.6 Å². The van der Waals surface area contributed by atoms with Crippen LogP contribution in [0.15, 0.2) is 30.3 Å². The molecular formula is C36H53ClN2O4. The number of benzene rings is 2. The second-order valence-electron chi connectivity index (χ2n) is 12.7. The standard InChI is InChI=1S/C36H53ClN2O4/c1-5-7-8-9-10-11-12-13-14-15-16-17-18-21-26-22-19-20-23-30(26)43-29(6-2)35(42)38-28-24-27(37)33-32(34(28)41)36(3,4)25-31(40)39-33/h19-20,22-24,29,41H,5-18,21,25H2,1-4H3,(H,38,42)(H,39,40). The number of carbonyl (C=O) groups excluding carboxylic acids is 2. The lowest BCUT2D eigenvalue weighted by atomic mass is 9.77. The third-order valence-electron chi connectivity index (χ3n) is 8.51. The van der Waals surface area contributed by atoms with Crippen LogP contribution in [0.25, 0.3) is 0 Å². The van der Waals surface area contributed by atoms with Gasteiger partial charge in [0.15, 0.2) is 6.10 Å². The van der Waals surface area contributed by atoms with E-state index in [2.05, 4.69) is 23.6 Å². The van der Waals surface area contributed by atoms with Crippen molar-refractivity contribution in [3.05, 3.63) is 46.5 Å². The highest BCUT2D eigenvalue weighted by atomic mass is 35.5. The number of hydrogen-bond acceptors (Lipinski definition) is 4. The number of phenolic OH excluding ortho intramolecular Hbond substituents is 1. The van der Waals surface area contributed by atoms with Gasteiger partial charge in [0.25, 0.3) is 5.91 Å². The summed E-state index contributed by atoms with van der Waals surface area (Å²) in [6, 6.07) is 9.42. The molecule has 7 heteroatoms. The number of aromatic hydroxyl groups is 1. The Kier molecular flexibility index (Phi) is 14.2. The fourth-order valence-corrected chi connectivity index (χ4v) is 6.29. The number of ether oxygens (including phenoxy) is 1. The van der Waals surface area contributed by atoms with E-state index in [1.807, 2.05) is 39.0 Å². The van der Waals surface area contributed by atoms with Gasteiger partial charge < -0.3 is 20.5 Å². The van der Waals surface area contributed by atoms with Crippen LogP contribution in [0.4, 0.5) is 11.4 Å². The van der Waals surface area contributed by atoms with Crippen LogP contribution in [0.1, 0.15) is 135 Å². The molecular weight excluding hydrogens is 560 g/mol. The van der Waals surface area contributed by atoms with Gasteiger partial charge in [0.05, 0.1) is 16.4 Å². The van der Waals surface area contributed by atoms with Gasteiger partial charge in [-0.15, -0.1) is 0 Å². The summed E-state index contributed by atoms with van der Waals surface area (Å²) in [4.78, 5) is 25.5. The third kappa shape index (κ3) is 10.4. The first-order chi connectivity index (χ1) is 20.7. The normalized spacial score (nSPS) is 14.6. The summed E-state index contributed by atoms with van der Waals surface area (Å²) < 4.78 is 6.25. The van der Waals surface area contributed by atoms with Crippen molar-refractivity contribution in [2.24, 2.45) is 0 Å². The number of carbonyl (C=O) groups is 2. The molecule has 2 amide bonds. The Labute approximate surface area is 264 Å². The maximum Gasteiger partial charge on any atom is 0.265 e. The predicted molar refractivity (Wildman–Crippen MR) is 179 cm³/mol. The van der Waals surface area contributed by atoms with Crippen LogP contribution < -0.4 is 15.4 Å². The lowest BCUT2D eigenvalue weighted by Gasteiger charge is -2.34. The van der Waals surface area contributed by atoms with E-state index in [-0.39, 0.29) is 34.7 Å². The smallest absolute Gasteiger partial charge is 0.265 e. The van der Waals surface area contributed by atoms with Crippen molar-refractivity contribution in [3.63, 3.8) is 0 Å². The first-order valence-electron chi connectivity index (χ1n) is 16.6. The number of nitrogens with one attached hydrogen (secondary N) is 2. The van der Waals surface area contributed by atoms with E-state index in [9.17, 15) is 14.7 Å². The lowest BCUT2D eigenvalue weighted by molar-refractivity contribution is -0.123. The van der Waals surface area contributed by atoms with Crippen LogP contribution in [0.2, 0.25) is 5.02 Å². The number of rotatable bonds is 19. The molecule has 1 aliphatic rings. The summed E-state index contributed by atoms with van der Waals surface area (Å²) in [5.74, 6) is 0.116. The summed E-state index contributed by atoms with van der Waals surface area (Å²) in [6.07, 6.45) is 18.0. The van der Waals surface area contributed by atoms with Crippen LogP contribution in [0, 0.1) is 0 Å². The molecule has 2 aromatic rings. The van der Waals surface area contributed by atoms with Crippen LogP contribution in [-0.2, 0) is 21.4 Å². The number of phenols is 1. The number of fused-ring (bicyclic) bond motifs is 1. The molecule has 1 heterocycles. The number of aryl methyl sites for hydroxylation is 1. The molecule has 0 aromatic heterocycles. The highest BCUT2D eigenvalue weighted by molar-refractivity contribution is 6.34. The van der Waals surface area contributed by atoms with Crippen LogP contribution in [0.5, 0.6) is 11.5 Å². The van der Waals surface area contributed by atoms with E-state index in [1.54, 1.807) is 0 Å². The highest BCUT2D eigenvalue weighted by Crippen LogP contribution is 2.49. The lowest BCUT2D eigenvalue weighted by Crippen LogP contribution is -2.34. The van der Waals surface area contributed by atoms with Gasteiger partial charge in [0.1, 0.15) is 11.5 Å². The SMILES string of the molecule is CCCCCCCCCCCCCCCc1ccccc1OC(CC)C(=O)Nc1cc(Cl)c2c(c1O)C(C)(C)CC(=O)N2. The fourth-order valence-electron chi connectivity index (χ4n) is 6.04. The molecule has 6 nitrogen and oxygen atoms in total. The largest absolute Gasteiger partial charge is 0.505 e.